The second kappa shape index (κ2) is 75.5. The molecule has 0 aromatic heterocycles. The van der Waals surface area contributed by atoms with Crippen molar-refractivity contribution in [3.8, 4) is 0 Å². The van der Waals surface area contributed by atoms with Crippen LogP contribution in [-0.2, 0) is 4.79 Å². The molecule has 0 atom stereocenters. The fraction of sp³-hybridized carbons (Fsp3) is 0.986. The monoisotopic (exact) mass is 1060 g/mol. The highest BCUT2D eigenvalue weighted by molar-refractivity contribution is 5.66. The second-order valence-corrected chi connectivity index (χ2v) is 24.7. The van der Waals surface area contributed by atoms with Crippen LogP contribution in [0.3, 0.4) is 0 Å². The molecule has 4 heteroatoms. The first-order chi connectivity index (χ1) is 36.8. The molecule has 0 aromatic carbocycles. The summed E-state index contributed by atoms with van der Waals surface area (Å²) in [5.41, 5.74) is 0. The van der Waals surface area contributed by atoms with Crippen molar-refractivity contribution in [1.82, 2.24) is 9.80 Å². The topological polar surface area (TPSA) is 43.8 Å². The number of aliphatic carboxylic acids is 1. The Morgan fingerprint density at radius 3 is 0.533 bits per heavy atom. The highest BCUT2D eigenvalue weighted by atomic mass is 16.4. The molecule has 0 aliphatic rings. The van der Waals surface area contributed by atoms with Crippen molar-refractivity contribution in [3.63, 3.8) is 0 Å². The molecule has 0 heterocycles. The van der Waals surface area contributed by atoms with Gasteiger partial charge >= 0.3 is 5.97 Å². The lowest BCUT2D eigenvalue weighted by atomic mass is 10.0. The van der Waals surface area contributed by atoms with E-state index in [-0.39, 0.29) is 0 Å². The van der Waals surface area contributed by atoms with E-state index in [2.05, 4.69) is 58.6 Å². The standard InChI is InChI=1S/C37H77N.C20H43N.C14H28O2/c1-4-6-8-10-12-14-16-18-20-22-24-26-28-30-32-34-36-38(3)37-35-33-31-29-27-25-23-21-19-17-15-13-11-9-7-5-2;1-4-5-6-7-8-9-10-11-12-13-14-15-16-17-18-19-20-21(2)3;1-2-3-4-5-6-7-8-9-10-11-12-13-14(15)16/h4-37H2,1-3H3;4-20H2,1-3H3;2-13H2,1H3,(H,15,16). The molecule has 0 unspecified atom stereocenters. The van der Waals surface area contributed by atoms with Gasteiger partial charge in [-0.3, -0.25) is 4.79 Å². The summed E-state index contributed by atoms with van der Waals surface area (Å²) in [6.07, 6.45) is 84.5. The van der Waals surface area contributed by atoms with Gasteiger partial charge in [0.15, 0.2) is 0 Å². The third kappa shape index (κ3) is 84.9. The summed E-state index contributed by atoms with van der Waals surface area (Å²) in [6.45, 7) is 13.1. The molecule has 0 radical (unpaired) electrons. The van der Waals surface area contributed by atoms with Gasteiger partial charge in [0.1, 0.15) is 0 Å². The zero-order valence-electron chi connectivity index (χ0n) is 53.8. The van der Waals surface area contributed by atoms with E-state index in [1.165, 1.54) is 386 Å². The maximum absolute atomic E-state index is 10.3. The van der Waals surface area contributed by atoms with Gasteiger partial charge in [-0.25, -0.2) is 0 Å². The molecule has 75 heavy (non-hydrogen) atoms. The summed E-state index contributed by atoms with van der Waals surface area (Å²) in [7, 11) is 6.69. The van der Waals surface area contributed by atoms with Crippen molar-refractivity contribution in [2.45, 2.75) is 413 Å². The number of hydrogen-bond donors (Lipinski definition) is 1. The predicted molar refractivity (Wildman–Crippen MR) is 343 cm³/mol. The number of rotatable bonds is 63. The van der Waals surface area contributed by atoms with Gasteiger partial charge in [-0.05, 0) is 66.5 Å². The van der Waals surface area contributed by atoms with Gasteiger partial charge in [0, 0.05) is 6.42 Å². The SMILES string of the molecule is CCCCCCCCCCCCCC(=O)O.CCCCCCCCCCCCCCCCCCN(C)C.CCCCCCCCCCCCCCCCCCN(C)CCCCCCCCCCCCCCCCCC. The Hall–Kier alpha value is -0.610. The van der Waals surface area contributed by atoms with Gasteiger partial charge in [-0.2, -0.15) is 0 Å². The van der Waals surface area contributed by atoms with Crippen LogP contribution < -0.4 is 0 Å². The second-order valence-electron chi connectivity index (χ2n) is 24.7. The molecule has 0 bridgehead atoms. The number of carbonyl (C=O) groups is 1. The largest absolute Gasteiger partial charge is 0.481 e. The van der Waals surface area contributed by atoms with Crippen LogP contribution in [0, 0.1) is 0 Å². The Labute approximate surface area is 477 Å². The minimum absolute atomic E-state index is 0.344. The highest BCUT2D eigenvalue weighted by Crippen LogP contribution is 2.18. The van der Waals surface area contributed by atoms with Crippen LogP contribution in [-0.4, -0.2) is 61.7 Å². The molecule has 0 saturated heterocycles. The Morgan fingerprint density at radius 1 is 0.227 bits per heavy atom. The average Bonchev–Trinajstić information content (AvgIpc) is 3.40. The minimum atomic E-state index is -0.657. The number of unbranched alkanes of at least 4 members (excludes halogenated alkanes) is 55. The van der Waals surface area contributed by atoms with Crippen LogP contribution in [0.25, 0.3) is 0 Å². The zero-order chi connectivity index (χ0) is 55.3. The fourth-order valence-corrected chi connectivity index (χ4v) is 10.9. The first kappa shape index (κ1) is 78.6. The van der Waals surface area contributed by atoms with E-state index in [0.29, 0.717) is 6.42 Å². The van der Waals surface area contributed by atoms with Crippen molar-refractivity contribution in [2.75, 3.05) is 40.8 Å². The van der Waals surface area contributed by atoms with Crippen LogP contribution >= 0.6 is 0 Å². The molecule has 0 rings (SSSR count). The molecular weight excluding hydrogens is 913 g/mol. The third-order valence-electron chi connectivity index (χ3n) is 16.2. The molecule has 0 aromatic rings. The summed E-state index contributed by atoms with van der Waals surface area (Å²) >= 11 is 0. The van der Waals surface area contributed by atoms with Crippen LogP contribution in [0.2, 0.25) is 0 Å². The van der Waals surface area contributed by atoms with Crippen LogP contribution in [0.5, 0.6) is 0 Å². The number of carboxylic acids is 1. The first-order valence-electron chi connectivity index (χ1n) is 35.4. The normalized spacial score (nSPS) is 11.4. The van der Waals surface area contributed by atoms with Crippen LogP contribution in [0.15, 0.2) is 0 Å². The van der Waals surface area contributed by atoms with Crippen molar-refractivity contribution >= 4 is 5.97 Å². The summed E-state index contributed by atoms with van der Waals surface area (Å²) in [6, 6.07) is 0. The Kier molecular flexibility index (Phi) is 79.1. The summed E-state index contributed by atoms with van der Waals surface area (Å²) in [5, 5.41) is 8.46. The maximum atomic E-state index is 10.3. The maximum Gasteiger partial charge on any atom is 0.303 e. The van der Waals surface area contributed by atoms with E-state index >= 15 is 0 Å². The molecule has 0 saturated carbocycles. The van der Waals surface area contributed by atoms with Gasteiger partial charge in [0.2, 0.25) is 0 Å². The molecule has 0 aliphatic carbocycles. The van der Waals surface area contributed by atoms with E-state index in [9.17, 15) is 4.79 Å². The van der Waals surface area contributed by atoms with Crippen molar-refractivity contribution in [1.29, 1.82) is 0 Å². The lowest BCUT2D eigenvalue weighted by molar-refractivity contribution is -0.137. The van der Waals surface area contributed by atoms with Crippen molar-refractivity contribution in [2.24, 2.45) is 0 Å². The van der Waals surface area contributed by atoms with E-state index in [0.717, 1.165) is 12.8 Å². The Morgan fingerprint density at radius 2 is 0.373 bits per heavy atom. The summed E-state index contributed by atoms with van der Waals surface area (Å²) < 4.78 is 0. The average molecular weight is 1060 g/mol. The number of hydrogen-bond acceptors (Lipinski definition) is 3. The van der Waals surface area contributed by atoms with Crippen molar-refractivity contribution < 1.29 is 9.90 Å². The fourth-order valence-electron chi connectivity index (χ4n) is 10.9. The lowest BCUT2D eigenvalue weighted by Crippen LogP contribution is -2.20. The zero-order valence-corrected chi connectivity index (χ0v) is 53.8. The Bertz CT molecular complexity index is 919. The van der Waals surface area contributed by atoms with Gasteiger partial charge in [-0.15, -0.1) is 0 Å². The van der Waals surface area contributed by atoms with E-state index < -0.39 is 5.97 Å². The molecule has 0 aliphatic heterocycles. The van der Waals surface area contributed by atoms with Crippen LogP contribution in [0.1, 0.15) is 413 Å². The van der Waals surface area contributed by atoms with Crippen LogP contribution in [0.4, 0.5) is 0 Å². The summed E-state index contributed by atoms with van der Waals surface area (Å²) in [4.78, 5) is 15.1. The first-order valence-corrected chi connectivity index (χ1v) is 35.4. The molecule has 0 fully saturated rings. The number of nitrogens with zero attached hydrogens (tertiary/aromatic N) is 2. The van der Waals surface area contributed by atoms with Gasteiger partial charge in [-0.1, -0.05) is 381 Å². The molecule has 1 N–H and O–H groups in total. The van der Waals surface area contributed by atoms with E-state index in [4.69, 9.17) is 5.11 Å². The predicted octanol–water partition coefficient (Wildman–Crippen LogP) is 25.0. The number of carboxylic acid groups (broad SMARTS) is 1. The quantitative estimate of drug-likeness (QED) is 0.0617. The molecular formula is C71H148N2O2. The Balaban J connectivity index is -0.00000117. The van der Waals surface area contributed by atoms with E-state index in [1.807, 2.05) is 0 Å². The third-order valence-corrected chi connectivity index (χ3v) is 16.2. The van der Waals surface area contributed by atoms with E-state index in [1.54, 1.807) is 0 Å². The molecule has 0 amide bonds. The molecule has 454 valence electrons. The van der Waals surface area contributed by atoms with Gasteiger partial charge < -0.3 is 14.9 Å². The smallest absolute Gasteiger partial charge is 0.303 e. The lowest BCUT2D eigenvalue weighted by Gasteiger charge is -2.16. The molecule has 4 nitrogen and oxygen atoms in total. The molecule has 0 spiro atoms. The van der Waals surface area contributed by atoms with Gasteiger partial charge in [0.05, 0.1) is 0 Å². The minimum Gasteiger partial charge on any atom is -0.481 e. The summed E-state index contributed by atoms with van der Waals surface area (Å²) in [5.74, 6) is -0.657. The van der Waals surface area contributed by atoms with Crippen molar-refractivity contribution in [3.05, 3.63) is 0 Å². The highest BCUT2D eigenvalue weighted by Gasteiger charge is 2.02. The van der Waals surface area contributed by atoms with Gasteiger partial charge in [0.25, 0.3) is 0 Å².